The molecule has 0 radical (unpaired) electrons. The number of ether oxygens (including phenoxy) is 1. The number of hydrogen-bond donors (Lipinski definition) is 2. The quantitative estimate of drug-likeness (QED) is 0.389. The number of nitrogens with two attached hydrogens (primary N) is 1. The zero-order valence-electron chi connectivity index (χ0n) is 11.7. The number of hydrogen-bond acceptors (Lipinski definition) is 4. The molecule has 0 saturated carbocycles. The molecular formula is C15H17N3O2. The molecule has 2 aromatic rings. The maximum absolute atomic E-state index is 8.80. The zero-order chi connectivity index (χ0) is 14.7. The molecule has 0 bridgehead atoms. The van der Waals surface area contributed by atoms with Gasteiger partial charge in [-0.15, -0.1) is 0 Å². The van der Waals surface area contributed by atoms with Crippen molar-refractivity contribution in [2.75, 3.05) is 0 Å². The van der Waals surface area contributed by atoms with Crippen molar-refractivity contribution in [3.05, 3.63) is 52.7 Å². The lowest BCUT2D eigenvalue weighted by molar-refractivity contribution is 0.318. The van der Waals surface area contributed by atoms with E-state index in [1.165, 1.54) is 0 Å². The van der Waals surface area contributed by atoms with Crippen LogP contribution < -0.4 is 10.5 Å². The highest BCUT2D eigenvalue weighted by molar-refractivity contribution is 5.99. The third-order valence-electron chi connectivity index (χ3n) is 3.13. The maximum Gasteiger partial charge on any atom is 0.230 e. The smallest absolute Gasteiger partial charge is 0.230 e. The number of aromatic nitrogens is 1. The largest absolute Gasteiger partial charge is 0.438 e. The Hall–Kier alpha value is -2.56. The Bertz CT molecular complexity index is 666. The molecule has 3 N–H and O–H groups in total. The van der Waals surface area contributed by atoms with Gasteiger partial charge in [0.2, 0.25) is 5.88 Å². The summed E-state index contributed by atoms with van der Waals surface area (Å²) < 4.78 is 5.84. The van der Waals surface area contributed by atoms with Gasteiger partial charge in [0.1, 0.15) is 5.75 Å². The highest BCUT2D eigenvalue weighted by Crippen LogP contribution is 2.29. The van der Waals surface area contributed by atoms with Crippen molar-refractivity contribution in [1.82, 2.24) is 4.98 Å². The van der Waals surface area contributed by atoms with Gasteiger partial charge in [-0.05, 0) is 55.7 Å². The van der Waals surface area contributed by atoms with E-state index >= 15 is 0 Å². The molecule has 5 heteroatoms. The van der Waals surface area contributed by atoms with E-state index in [1.807, 2.05) is 26.8 Å². The molecule has 0 aliphatic heterocycles. The topological polar surface area (TPSA) is 80.7 Å². The van der Waals surface area contributed by atoms with E-state index in [1.54, 1.807) is 18.3 Å². The van der Waals surface area contributed by atoms with Gasteiger partial charge in [0.05, 0.1) is 5.56 Å². The Balaban J connectivity index is 2.46. The second-order valence-corrected chi connectivity index (χ2v) is 4.65. The van der Waals surface area contributed by atoms with Gasteiger partial charge >= 0.3 is 0 Å². The number of pyridine rings is 1. The molecule has 20 heavy (non-hydrogen) atoms. The number of rotatable bonds is 3. The van der Waals surface area contributed by atoms with Crippen molar-refractivity contribution < 1.29 is 9.94 Å². The summed E-state index contributed by atoms with van der Waals surface area (Å²) in [5.74, 6) is 0.999. The summed E-state index contributed by atoms with van der Waals surface area (Å²) in [5.41, 5.74) is 9.35. The van der Waals surface area contributed by atoms with Crippen molar-refractivity contribution in [3.63, 3.8) is 0 Å². The van der Waals surface area contributed by atoms with Crippen LogP contribution in [0.2, 0.25) is 0 Å². The minimum atomic E-state index is -0.0323. The van der Waals surface area contributed by atoms with Crippen LogP contribution in [0.5, 0.6) is 11.6 Å². The van der Waals surface area contributed by atoms with Crippen LogP contribution in [0.4, 0.5) is 0 Å². The fourth-order valence-electron chi connectivity index (χ4n) is 1.93. The van der Waals surface area contributed by atoms with Gasteiger partial charge < -0.3 is 15.7 Å². The molecule has 2 rings (SSSR count). The Morgan fingerprint density at radius 3 is 2.75 bits per heavy atom. The van der Waals surface area contributed by atoms with E-state index in [0.29, 0.717) is 17.2 Å². The van der Waals surface area contributed by atoms with Crippen LogP contribution >= 0.6 is 0 Å². The third-order valence-corrected chi connectivity index (χ3v) is 3.13. The van der Waals surface area contributed by atoms with E-state index in [-0.39, 0.29) is 5.84 Å². The fraction of sp³-hybridized carbons (Fsp3) is 0.200. The Morgan fingerprint density at radius 1 is 1.30 bits per heavy atom. The second-order valence-electron chi connectivity index (χ2n) is 4.65. The Morgan fingerprint density at radius 2 is 2.05 bits per heavy atom. The molecule has 0 saturated heterocycles. The summed E-state index contributed by atoms with van der Waals surface area (Å²) >= 11 is 0. The van der Waals surface area contributed by atoms with Crippen LogP contribution in [0.25, 0.3) is 0 Å². The summed E-state index contributed by atoms with van der Waals surface area (Å²) in [5, 5.41) is 11.8. The van der Waals surface area contributed by atoms with Gasteiger partial charge in [-0.1, -0.05) is 11.2 Å². The van der Waals surface area contributed by atoms with E-state index in [2.05, 4.69) is 16.2 Å². The Labute approximate surface area is 117 Å². The molecule has 1 aromatic carbocycles. The van der Waals surface area contributed by atoms with E-state index < -0.39 is 0 Å². The van der Waals surface area contributed by atoms with Crippen molar-refractivity contribution in [3.8, 4) is 11.6 Å². The number of amidine groups is 1. The lowest BCUT2D eigenvalue weighted by Gasteiger charge is -2.13. The molecular weight excluding hydrogens is 254 g/mol. The molecule has 104 valence electrons. The van der Waals surface area contributed by atoms with Crippen molar-refractivity contribution in [1.29, 1.82) is 0 Å². The predicted octanol–water partition coefficient (Wildman–Crippen LogP) is 2.89. The third kappa shape index (κ3) is 2.71. The number of benzene rings is 1. The number of aryl methyl sites for hydroxylation is 2. The van der Waals surface area contributed by atoms with Gasteiger partial charge in [-0.3, -0.25) is 0 Å². The molecule has 0 atom stereocenters. The van der Waals surface area contributed by atoms with E-state index in [9.17, 15) is 0 Å². The summed E-state index contributed by atoms with van der Waals surface area (Å²) in [6.07, 6.45) is 1.60. The lowest BCUT2D eigenvalue weighted by Crippen LogP contribution is -2.14. The molecule has 0 fully saturated rings. The normalized spacial score (nSPS) is 11.4. The molecule has 0 aliphatic rings. The van der Waals surface area contributed by atoms with E-state index in [4.69, 9.17) is 15.7 Å². The molecule has 5 nitrogen and oxygen atoms in total. The SMILES string of the molecule is Cc1cc(C)c(C)c(Oc2ncccc2/C(N)=N/O)c1. The van der Waals surface area contributed by atoms with Gasteiger partial charge in [-0.2, -0.15) is 0 Å². The minimum absolute atomic E-state index is 0.0323. The fourth-order valence-corrected chi connectivity index (χ4v) is 1.93. The maximum atomic E-state index is 8.80. The van der Waals surface area contributed by atoms with Crippen LogP contribution in [-0.4, -0.2) is 16.0 Å². The number of nitrogens with zero attached hydrogens (tertiary/aromatic N) is 2. The first-order chi connectivity index (χ1) is 9.52. The average Bonchev–Trinajstić information content (AvgIpc) is 2.44. The highest BCUT2D eigenvalue weighted by atomic mass is 16.5. The molecule has 0 aliphatic carbocycles. The zero-order valence-corrected chi connectivity index (χ0v) is 11.7. The van der Waals surface area contributed by atoms with Gasteiger partial charge in [-0.25, -0.2) is 4.98 Å². The lowest BCUT2D eigenvalue weighted by atomic mass is 10.1. The highest BCUT2D eigenvalue weighted by Gasteiger charge is 2.12. The minimum Gasteiger partial charge on any atom is -0.438 e. The van der Waals surface area contributed by atoms with Crippen LogP contribution in [0.15, 0.2) is 35.6 Å². The summed E-state index contributed by atoms with van der Waals surface area (Å²) in [6.45, 7) is 6.01. The predicted molar refractivity (Wildman–Crippen MR) is 77.5 cm³/mol. The first-order valence-corrected chi connectivity index (χ1v) is 6.21. The first kappa shape index (κ1) is 13.9. The van der Waals surface area contributed by atoms with Crippen LogP contribution in [0.3, 0.4) is 0 Å². The summed E-state index contributed by atoms with van der Waals surface area (Å²) in [6, 6.07) is 7.42. The van der Waals surface area contributed by atoms with Crippen molar-refractivity contribution in [2.45, 2.75) is 20.8 Å². The summed E-state index contributed by atoms with van der Waals surface area (Å²) in [4.78, 5) is 4.15. The van der Waals surface area contributed by atoms with Gasteiger partial charge in [0.15, 0.2) is 5.84 Å². The van der Waals surface area contributed by atoms with Crippen LogP contribution in [0, 0.1) is 20.8 Å². The van der Waals surface area contributed by atoms with Crippen LogP contribution in [0.1, 0.15) is 22.3 Å². The molecule has 1 heterocycles. The van der Waals surface area contributed by atoms with Gasteiger partial charge in [0.25, 0.3) is 0 Å². The molecule has 0 spiro atoms. The average molecular weight is 271 g/mol. The molecule has 0 unspecified atom stereocenters. The summed E-state index contributed by atoms with van der Waals surface area (Å²) in [7, 11) is 0. The van der Waals surface area contributed by atoms with Gasteiger partial charge in [0, 0.05) is 6.20 Å². The van der Waals surface area contributed by atoms with Crippen molar-refractivity contribution >= 4 is 5.84 Å². The standard InChI is InChI=1S/C15H17N3O2/c1-9-7-10(2)11(3)13(8-9)20-15-12(14(16)18-19)5-4-6-17-15/h4-8,19H,1-3H3,(H2,16,18). The Kier molecular flexibility index (Phi) is 3.89. The monoisotopic (exact) mass is 271 g/mol. The number of oxime groups is 1. The van der Waals surface area contributed by atoms with E-state index in [0.717, 1.165) is 16.7 Å². The van der Waals surface area contributed by atoms with Crippen LogP contribution in [-0.2, 0) is 0 Å². The second kappa shape index (κ2) is 5.61. The molecule has 0 amide bonds. The van der Waals surface area contributed by atoms with Crippen molar-refractivity contribution in [2.24, 2.45) is 10.9 Å². The molecule has 1 aromatic heterocycles. The first-order valence-electron chi connectivity index (χ1n) is 6.21.